The van der Waals surface area contributed by atoms with Crippen LogP contribution in [0.2, 0.25) is 10.0 Å². The average Bonchev–Trinajstić information content (AvgIpc) is 2.64. The van der Waals surface area contributed by atoms with Gasteiger partial charge in [-0.1, -0.05) is 47.5 Å². The van der Waals surface area contributed by atoms with Gasteiger partial charge in [-0.05, 0) is 30.7 Å². The van der Waals surface area contributed by atoms with Crippen molar-refractivity contribution in [3.8, 4) is 0 Å². The lowest BCUT2D eigenvalue weighted by molar-refractivity contribution is -0.154. The molecule has 2 aromatic carbocycles. The predicted octanol–water partition coefficient (Wildman–Crippen LogP) is 3.29. The Balaban J connectivity index is 2.07. The summed E-state index contributed by atoms with van der Waals surface area (Å²) in [6.45, 7) is 2.15. The average molecular weight is 410 g/mol. The summed E-state index contributed by atoms with van der Waals surface area (Å²) in [4.78, 5) is 24.0. The van der Waals surface area contributed by atoms with Gasteiger partial charge in [0.15, 0.2) is 6.10 Å². The Bertz CT molecular complexity index is 794. The zero-order valence-corrected chi connectivity index (χ0v) is 16.3. The van der Waals surface area contributed by atoms with Gasteiger partial charge in [0.25, 0.3) is 5.91 Å². The van der Waals surface area contributed by atoms with Crippen molar-refractivity contribution in [3.63, 3.8) is 0 Å². The third-order valence-corrected chi connectivity index (χ3v) is 4.33. The van der Waals surface area contributed by atoms with Gasteiger partial charge in [0.1, 0.15) is 0 Å². The monoisotopic (exact) mass is 409 g/mol. The van der Waals surface area contributed by atoms with Crippen molar-refractivity contribution in [1.82, 2.24) is 5.32 Å². The second-order valence-electron chi connectivity index (χ2n) is 5.77. The Morgan fingerprint density at radius 1 is 1.11 bits per heavy atom. The van der Waals surface area contributed by atoms with Crippen LogP contribution < -0.4 is 16.4 Å². The number of anilines is 2. The number of ether oxygens (including phenoxy) is 1. The molecular formula is C19H21Cl2N3O3. The summed E-state index contributed by atoms with van der Waals surface area (Å²) in [6.07, 6.45) is -0.915. The second-order valence-corrected chi connectivity index (χ2v) is 6.58. The van der Waals surface area contributed by atoms with E-state index in [1.165, 1.54) is 6.92 Å². The van der Waals surface area contributed by atoms with E-state index in [9.17, 15) is 9.59 Å². The van der Waals surface area contributed by atoms with Crippen LogP contribution in [0.3, 0.4) is 0 Å². The summed E-state index contributed by atoms with van der Waals surface area (Å²) in [5.74, 6) is -0.909. The molecular weight excluding hydrogens is 389 g/mol. The van der Waals surface area contributed by atoms with Crippen LogP contribution in [0.4, 0.5) is 11.4 Å². The van der Waals surface area contributed by atoms with E-state index in [-0.39, 0.29) is 12.3 Å². The second kappa shape index (κ2) is 10.2. The number of carbonyl (C=O) groups is 2. The van der Waals surface area contributed by atoms with Crippen molar-refractivity contribution in [1.29, 1.82) is 0 Å². The molecule has 0 radical (unpaired) electrons. The molecule has 4 N–H and O–H groups in total. The van der Waals surface area contributed by atoms with E-state index in [4.69, 9.17) is 33.7 Å². The van der Waals surface area contributed by atoms with Crippen molar-refractivity contribution in [2.45, 2.75) is 19.4 Å². The van der Waals surface area contributed by atoms with E-state index in [1.807, 2.05) is 6.07 Å². The number of esters is 1. The molecule has 2 aromatic rings. The van der Waals surface area contributed by atoms with Crippen LogP contribution in [0.15, 0.2) is 42.5 Å². The molecule has 0 aromatic heterocycles. The zero-order valence-electron chi connectivity index (χ0n) is 14.8. The van der Waals surface area contributed by atoms with Crippen LogP contribution in [-0.4, -0.2) is 31.1 Å². The van der Waals surface area contributed by atoms with Gasteiger partial charge in [0.05, 0.1) is 22.2 Å². The van der Waals surface area contributed by atoms with Crippen molar-refractivity contribution in [3.05, 3.63) is 58.1 Å². The number of rotatable bonds is 8. The molecule has 2 rings (SSSR count). The van der Waals surface area contributed by atoms with Crippen LogP contribution in [0, 0.1) is 0 Å². The lowest BCUT2D eigenvalue weighted by Crippen LogP contribution is -2.38. The molecule has 0 aliphatic carbocycles. The summed E-state index contributed by atoms with van der Waals surface area (Å²) in [5.41, 5.74) is 7.24. The quantitative estimate of drug-likeness (QED) is 0.581. The fourth-order valence-corrected chi connectivity index (χ4v) is 2.83. The first-order chi connectivity index (χ1) is 12.9. The smallest absolute Gasteiger partial charge is 0.311 e. The van der Waals surface area contributed by atoms with Gasteiger partial charge in [0, 0.05) is 18.8 Å². The predicted molar refractivity (Wildman–Crippen MR) is 108 cm³/mol. The third-order valence-electron chi connectivity index (χ3n) is 3.70. The van der Waals surface area contributed by atoms with Crippen molar-refractivity contribution in [2.75, 3.05) is 18.4 Å². The fourth-order valence-electron chi connectivity index (χ4n) is 2.34. The molecule has 0 heterocycles. The number of nitrogens with one attached hydrogen (secondary N) is 2. The Labute approximate surface area is 168 Å². The van der Waals surface area contributed by atoms with Gasteiger partial charge >= 0.3 is 5.97 Å². The number of carbonyl (C=O) groups excluding carboxylic acids is 2. The minimum absolute atomic E-state index is 0.0141. The van der Waals surface area contributed by atoms with Crippen LogP contribution in [0.1, 0.15) is 12.5 Å². The number of amides is 1. The maximum absolute atomic E-state index is 12.2. The standard InChI is InChI=1S/C19H21Cl2N3O3/c1-12(19(26)23-10-9-22)27-17(25)11-13-5-2-3-8-16(13)24-18-14(20)6-4-7-15(18)21/h2-8,12,24H,9-11,22H2,1H3,(H,23,26). The van der Waals surface area contributed by atoms with E-state index >= 15 is 0 Å². The highest BCUT2D eigenvalue weighted by molar-refractivity contribution is 6.39. The van der Waals surface area contributed by atoms with Gasteiger partial charge in [0.2, 0.25) is 0 Å². The van der Waals surface area contributed by atoms with Crippen LogP contribution >= 0.6 is 23.2 Å². The molecule has 0 fully saturated rings. The van der Waals surface area contributed by atoms with E-state index < -0.39 is 12.1 Å². The topological polar surface area (TPSA) is 93.4 Å². The molecule has 0 saturated carbocycles. The molecule has 0 bridgehead atoms. The van der Waals surface area contributed by atoms with Crippen LogP contribution in [0.5, 0.6) is 0 Å². The number of hydrogen-bond donors (Lipinski definition) is 3. The minimum Gasteiger partial charge on any atom is -0.452 e. The molecule has 8 heteroatoms. The number of halogens is 2. The first kappa shape index (κ1) is 21.0. The number of hydrogen-bond acceptors (Lipinski definition) is 5. The first-order valence-corrected chi connectivity index (χ1v) is 9.14. The first-order valence-electron chi connectivity index (χ1n) is 8.38. The van der Waals surface area contributed by atoms with Crippen LogP contribution in [-0.2, 0) is 20.7 Å². The fraction of sp³-hybridized carbons (Fsp3) is 0.263. The van der Waals surface area contributed by atoms with Crippen molar-refractivity contribution < 1.29 is 14.3 Å². The summed E-state index contributed by atoms with van der Waals surface area (Å²) in [6, 6.07) is 12.4. The Hall–Kier alpha value is -2.28. The largest absolute Gasteiger partial charge is 0.452 e. The van der Waals surface area contributed by atoms with E-state index in [1.54, 1.807) is 36.4 Å². The third kappa shape index (κ3) is 6.13. The molecule has 0 spiro atoms. The van der Waals surface area contributed by atoms with Gasteiger partial charge in [-0.25, -0.2) is 0 Å². The summed E-state index contributed by atoms with van der Waals surface area (Å²) in [7, 11) is 0. The molecule has 6 nitrogen and oxygen atoms in total. The van der Waals surface area contributed by atoms with Crippen molar-refractivity contribution in [2.24, 2.45) is 5.73 Å². The van der Waals surface area contributed by atoms with Gasteiger partial charge in [-0.15, -0.1) is 0 Å². The molecule has 0 aliphatic heterocycles. The van der Waals surface area contributed by atoms with Gasteiger partial charge in [-0.2, -0.15) is 0 Å². The summed E-state index contributed by atoms with van der Waals surface area (Å²) in [5, 5.41) is 6.65. The molecule has 1 amide bonds. The van der Waals surface area contributed by atoms with E-state index in [0.717, 1.165) is 0 Å². The normalized spacial score (nSPS) is 11.6. The number of para-hydroxylation sites is 2. The van der Waals surface area contributed by atoms with Crippen LogP contribution in [0.25, 0.3) is 0 Å². The minimum atomic E-state index is -0.901. The zero-order chi connectivity index (χ0) is 19.8. The maximum Gasteiger partial charge on any atom is 0.311 e. The molecule has 1 atom stereocenters. The molecule has 1 unspecified atom stereocenters. The molecule has 27 heavy (non-hydrogen) atoms. The summed E-state index contributed by atoms with van der Waals surface area (Å²) >= 11 is 12.4. The lowest BCUT2D eigenvalue weighted by Gasteiger charge is -2.16. The van der Waals surface area contributed by atoms with Crippen molar-refractivity contribution >= 4 is 46.5 Å². The molecule has 0 saturated heterocycles. The Morgan fingerprint density at radius 2 is 1.78 bits per heavy atom. The number of nitrogens with two attached hydrogens (primary N) is 1. The Morgan fingerprint density at radius 3 is 2.44 bits per heavy atom. The Kier molecular flexibility index (Phi) is 7.91. The lowest BCUT2D eigenvalue weighted by atomic mass is 10.1. The molecule has 0 aliphatic rings. The highest BCUT2D eigenvalue weighted by Gasteiger charge is 2.18. The highest BCUT2D eigenvalue weighted by atomic mass is 35.5. The summed E-state index contributed by atoms with van der Waals surface area (Å²) < 4.78 is 5.19. The molecule has 144 valence electrons. The maximum atomic E-state index is 12.2. The van der Waals surface area contributed by atoms with Gasteiger partial charge in [-0.3, -0.25) is 9.59 Å². The van der Waals surface area contributed by atoms with E-state index in [2.05, 4.69) is 10.6 Å². The SMILES string of the molecule is CC(OC(=O)Cc1ccccc1Nc1c(Cl)cccc1Cl)C(=O)NCCN. The highest BCUT2D eigenvalue weighted by Crippen LogP contribution is 2.33. The van der Waals surface area contributed by atoms with E-state index in [0.29, 0.717) is 40.1 Å². The number of benzene rings is 2. The van der Waals surface area contributed by atoms with Gasteiger partial charge < -0.3 is 21.1 Å².